The van der Waals surface area contributed by atoms with Crippen LogP contribution in [0.1, 0.15) is 18.9 Å². The van der Waals surface area contributed by atoms with E-state index in [1.165, 1.54) is 0 Å². The van der Waals surface area contributed by atoms with Crippen molar-refractivity contribution in [2.45, 2.75) is 19.8 Å². The minimum absolute atomic E-state index is 0.0915. The molecular formula is C18H18ClN3O2. The second kappa shape index (κ2) is 8.84. The maximum atomic E-state index is 11.9. The molecule has 0 aliphatic rings. The summed E-state index contributed by atoms with van der Waals surface area (Å²) in [5.41, 5.74) is 4.54. The van der Waals surface area contributed by atoms with Crippen molar-refractivity contribution < 1.29 is 9.59 Å². The van der Waals surface area contributed by atoms with Gasteiger partial charge in [-0.1, -0.05) is 41.9 Å². The third-order valence-corrected chi connectivity index (χ3v) is 3.38. The SMILES string of the molecule is C/C(CC(=O)Nc1ccc(Cl)cc1)=N\NC(=O)Cc1ccccc1. The summed E-state index contributed by atoms with van der Waals surface area (Å²) in [5, 5.41) is 7.29. The predicted octanol–water partition coefficient (Wildman–Crippen LogP) is 3.40. The number of halogens is 1. The van der Waals surface area contributed by atoms with Crippen molar-refractivity contribution in [3.63, 3.8) is 0 Å². The van der Waals surface area contributed by atoms with Gasteiger partial charge < -0.3 is 5.32 Å². The van der Waals surface area contributed by atoms with E-state index in [9.17, 15) is 9.59 Å². The van der Waals surface area contributed by atoms with Crippen LogP contribution in [0.2, 0.25) is 5.02 Å². The van der Waals surface area contributed by atoms with Crippen molar-refractivity contribution in [1.82, 2.24) is 5.43 Å². The quantitative estimate of drug-likeness (QED) is 0.623. The van der Waals surface area contributed by atoms with Crippen LogP contribution in [-0.2, 0) is 16.0 Å². The molecule has 2 aromatic carbocycles. The maximum absolute atomic E-state index is 11.9. The van der Waals surface area contributed by atoms with Crippen molar-refractivity contribution in [2.75, 3.05) is 5.32 Å². The van der Waals surface area contributed by atoms with E-state index in [2.05, 4.69) is 15.8 Å². The van der Waals surface area contributed by atoms with Crippen LogP contribution in [0.5, 0.6) is 0 Å². The van der Waals surface area contributed by atoms with E-state index in [4.69, 9.17) is 11.6 Å². The number of nitrogens with zero attached hydrogens (tertiary/aromatic N) is 1. The lowest BCUT2D eigenvalue weighted by molar-refractivity contribution is -0.120. The van der Waals surface area contributed by atoms with E-state index >= 15 is 0 Å². The van der Waals surface area contributed by atoms with Crippen LogP contribution in [0.4, 0.5) is 5.69 Å². The average Bonchev–Trinajstić information content (AvgIpc) is 2.56. The fourth-order valence-electron chi connectivity index (χ4n) is 1.99. The van der Waals surface area contributed by atoms with Gasteiger partial charge in [0.1, 0.15) is 0 Å². The van der Waals surface area contributed by atoms with Gasteiger partial charge in [0, 0.05) is 16.4 Å². The number of hydrogen-bond donors (Lipinski definition) is 2. The topological polar surface area (TPSA) is 70.6 Å². The summed E-state index contributed by atoms with van der Waals surface area (Å²) in [5.74, 6) is -0.436. The summed E-state index contributed by atoms with van der Waals surface area (Å²) in [6.07, 6.45) is 0.336. The lowest BCUT2D eigenvalue weighted by Gasteiger charge is -2.06. The number of amides is 2. The molecule has 0 fully saturated rings. The Morgan fingerprint density at radius 2 is 1.67 bits per heavy atom. The van der Waals surface area contributed by atoms with Gasteiger partial charge in [-0.2, -0.15) is 5.10 Å². The van der Waals surface area contributed by atoms with Crippen LogP contribution in [0.15, 0.2) is 59.7 Å². The number of hydrogen-bond acceptors (Lipinski definition) is 3. The molecule has 0 heterocycles. The Morgan fingerprint density at radius 3 is 2.33 bits per heavy atom. The van der Waals surface area contributed by atoms with Crippen molar-refractivity contribution in [3.8, 4) is 0 Å². The summed E-state index contributed by atoms with van der Waals surface area (Å²) in [7, 11) is 0. The monoisotopic (exact) mass is 343 g/mol. The number of benzene rings is 2. The van der Waals surface area contributed by atoms with Crippen LogP contribution >= 0.6 is 11.6 Å². The molecule has 2 aromatic rings. The Hall–Kier alpha value is -2.66. The normalized spacial score (nSPS) is 11.0. The molecule has 5 nitrogen and oxygen atoms in total. The molecule has 0 unspecified atom stereocenters. The molecule has 0 aromatic heterocycles. The molecule has 2 N–H and O–H groups in total. The second-order valence-electron chi connectivity index (χ2n) is 5.28. The summed E-state index contributed by atoms with van der Waals surface area (Å²) in [6.45, 7) is 1.68. The zero-order chi connectivity index (χ0) is 17.4. The molecule has 0 aliphatic carbocycles. The highest BCUT2D eigenvalue weighted by Gasteiger charge is 2.06. The van der Waals surface area contributed by atoms with Gasteiger partial charge >= 0.3 is 0 Å². The minimum atomic E-state index is -0.223. The van der Waals surface area contributed by atoms with Gasteiger partial charge in [0.15, 0.2) is 0 Å². The second-order valence-corrected chi connectivity index (χ2v) is 5.71. The summed E-state index contributed by atoms with van der Waals surface area (Å²) in [4.78, 5) is 23.7. The third-order valence-electron chi connectivity index (χ3n) is 3.12. The van der Waals surface area contributed by atoms with Gasteiger partial charge in [0.2, 0.25) is 11.8 Å². The van der Waals surface area contributed by atoms with Gasteiger partial charge in [-0.05, 0) is 36.8 Å². The molecule has 0 aliphatic heterocycles. The molecule has 2 amide bonds. The Bertz CT molecular complexity index is 728. The smallest absolute Gasteiger partial charge is 0.244 e. The van der Waals surface area contributed by atoms with Crippen molar-refractivity contribution in [1.29, 1.82) is 0 Å². The van der Waals surface area contributed by atoms with E-state index in [1.54, 1.807) is 31.2 Å². The molecule has 124 valence electrons. The number of anilines is 1. The highest BCUT2D eigenvalue weighted by Crippen LogP contribution is 2.13. The van der Waals surface area contributed by atoms with Gasteiger partial charge in [-0.3, -0.25) is 9.59 Å². The number of hydrazone groups is 1. The molecule has 0 saturated carbocycles. The fraction of sp³-hybridized carbons (Fsp3) is 0.167. The maximum Gasteiger partial charge on any atom is 0.244 e. The van der Waals surface area contributed by atoms with Crippen LogP contribution in [0, 0.1) is 0 Å². The third kappa shape index (κ3) is 6.22. The predicted molar refractivity (Wildman–Crippen MR) is 96.1 cm³/mol. The lowest BCUT2D eigenvalue weighted by Crippen LogP contribution is -2.22. The summed E-state index contributed by atoms with van der Waals surface area (Å²) < 4.78 is 0. The van der Waals surface area contributed by atoms with Gasteiger partial charge in [-0.15, -0.1) is 0 Å². The van der Waals surface area contributed by atoms with E-state index in [-0.39, 0.29) is 24.7 Å². The summed E-state index contributed by atoms with van der Waals surface area (Å²) >= 11 is 5.79. The van der Waals surface area contributed by atoms with E-state index in [0.717, 1.165) is 5.56 Å². The number of carbonyl (C=O) groups is 2. The Morgan fingerprint density at radius 1 is 1.00 bits per heavy atom. The first kappa shape index (κ1) is 17.7. The standard InChI is InChI=1S/C18H18ClN3O2/c1-13(11-17(23)20-16-9-7-15(19)8-10-16)21-22-18(24)12-14-5-3-2-4-6-14/h2-10H,11-12H2,1H3,(H,20,23)(H,22,24)/b21-13+. The van der Waals surface area contributed by atoms with E-state index < -0.39 is 0 Å². The number of nitrogens with one attached hydrogen (secondary N) is 2. The minimum Gasteiger partial charge on any atom is -0.326 e. The van der Waals surface area contributed by atoms with Gasteiger partial charge in [0.25, 0.3) is 0 Å². The van der Waals surface area contributed by atoms with Gasteiger partial charge in [0.05, 0.1) is 12.8 Å². The molecule has 6 heteroatoms. The Labute approximate surface area is 145 Å². The average molecular weight is 344 g/mol. The Kier molecular flexibility index (Phi) is 6.51. The zero-order valence-corrected chi connectivity index (χ0v) is 14.0. The zero-order valence-electron chi connectivity index (χ0n) is 13.3. The van der Waals surface area contributed by atoms with Crippen LogP contribution in [-0.4, -0.2) is 17.5 Å². The van der Waals surface area contributed by atoms with Crippen molar-refractivity contribution in [3.05, 3.63) is 65.2 Å². The van der Waals surface area contributed by atoms with Crippen molar-refractivity contribution >= 4 is 34.8 Å². The lowest BCUT2D eigenvalue weighted by atomic mass is 10.1. The van der Waals surface area contributed by atoms with Crippen molar-refractivity contribution in [2.24, 2.45) is 5.10 Å². The number of carbonyl (C=O) groups excluding carboxylic acids is 2. The molecule has 0 radical (unpaired) electrons. The molecule has 24 heavy (non-hydrogen) atoms. The molecule has 0 spiro atoms. The first-order chi connectivity index (χ1) is 11.5. The highest BCUT2D eigenvalue weighted by molar-refractivity contribution is 6.30. The molecular weight excluding hydrogens is 326 g/mol. The molecule has 0 saturated heterocycles. The first-order valence-electron chi connectivity index (χ1n) is 7.44. The van der Waals surface area contributed by atoms with Crippen LogP contribution in [0.25, 0.3) is 0 Å². The largest absolute Gasteiger partial charge is 0.326 e. The van der Waals surface area contributed by atoms with E-state index in [0.29, 0.717) is 16.4 Å². The number of rotatable bonds is 6. The summed E-state index contributed by atoms with van der Waals surface area (Å²) in [6, 6.07) is 16.2. The highest BCUT2D eigenvalue weighted by atomic mass is 35.5. The molecule has 0 atom stereocenters. The van der Waals surface area contributed by atoms with Crippen LogP contribution < -0.4 is 10.7 Å². The molecule has 0 bridgehead atoms. The van der Waals surface area contributed by atoms with E-state index in [1.807, 2.05) is 30.3 Å². The van der Waals surface area contributed by atoms with Crippen LogP contribution in [0.3, 0.4) is 0 Å². The first-order valence-corrected chi connectivity index (χ1v) is 7.82. The Balaban J connectivity index is 1.79. The molecule has 2 rings (SSSR count). The van der Waals surface area contributed by atoms with Gasteiger partial charge in [-0.25, -0.2) is 5.43 Å². The fourth-order valence-corrected chi connectivity index (χ4v) is 2.11.